The number of unbranched alkanes of at least 4 members (excludes halogenated alkanes) is 1. The molecule has 102 valence electrons. The lowest BCUT2D eigenvalue weighted by molar-refractivity contribution is 0.167. The van der Waals surface area contributed by atoms with Gasteiger partial charge in [-0.1, -0.05) is 13.3 Å². The average Bonchev–Trinajstić information content (AvgIpc) is 2.38. The monoisotopic (exact) mass is 255 g/mol. The number of rotatable bonds is 9. The van der Waals surface area contributed by atoms with Crippen molar-refractivity contribution in [3.05, 3.63) is 30.1 Å². The first-order chi connectivity index (χ1) is 8.76. The van der Waals surface area contributed by atoms with Crippen LogP contribution in [0, 0.1) is 5.82 Å². The molecule has 1 aromatic rings. The topological polar surface area (TPSA) is 32.7 Å². The third-order valence-corrected chi connectivity index (χ3v) is 2.73. The summed E-state index contributed by atoms with van der Waals surface area (Å²) in [4.78, 5) is 2.17. The van der Waals surface area contributed by atoms with Crippen molar-refractivity contribution in [3.8, 4) is 5.75 Å². The first-order valence-electron chi connectivity index (χ1n) is 6.48. The molecule has 4 heteroatoms. The second kappa shape index (κ2) is 8.89. The van der Waals surface area contributed by atoms with Gasteiger partial charge in [-0.15, -0.1) is 0 Å². The Bertz CT molecular complexity index is 316. The normalized spacial score (nSPS) is 10.9. The molecule has 0 saturated carbocycles. The summed E-state index contributed by atoms with van der Waals surface area (Å²) in [5.74, 6) is 0.419. The molecule has 0 radical (unpaired) electrons. The Labute approximate surface area is 108 Å². The minimum Gasteiger partial charge on any atom is -0.492 e. The average molecular weight is 255 g/mol. The predicted octanol–water partition coefficient (Wildman–Crippen LogP) is 2.30. The second-order valence-electron chi connectivity index (χ2n) is 4.22. The summed E-state index contributed by atoms with van der Waals surface area (Å²) in [7, 11) is 0. The van der Waals surface area contributed by atoms with Crippen LogP contribution in [-0.2, 0) is 0 Å². The van der Waals surface area contributed by atoms with E-state index in [1.807, 2.05) is 0 Å². The number of halogens is 1. The largest absolute Gasteiger partial charge is 0.492 e. The molecule has 18 heavy (non-hydrogen) atoms. The number of hydrogen-bond acceptors (Lipinski definition) is 3. The lowest BCUT2D eigenvalue weighted by Gasteiger charge is -2.20. The molecule has 0 aliphatic heterocycles. The van der Waals surface area contributed by atoms with Crippen LogP contribution in [0.15, 0.2) is 24.3 Å². The van der Waals surface area contributed by atoms with Crippen molar-refractivity contribution in [1.29, 1.82) is 0 Å². The highest BCUT2D eigenvalue weighted by molar-refractivity contribution is 5.21. The molecule has 0 bridgehead atoms. The molecule has 0 aliphatic carbocycles. The van der Waals surface area contributed by atoms with Crippen molar-refractivity contribution in [2.45, 2.75) is 19.8 Å². The smallest absolute Gasteiger partial charge is 0.123 e. The van der Waals surface area contributed by atoms with E-state index in [-0.39, 0.29) is 12.4 Å². The van der Waals surface area contributed by atoms with E-state index in [0.717, 1.165) is 25.9 Å². The van der Waals surface area contributed by atoms with Crippen LogP contribution in [0.1, 0.15) is 19.8 Å². The molecule has 1 aromatic carbocycles. The molecule has 0 unspecified atom stereocenters. The van der Waals surface area contributed by atoms with Crippen LogP contribution in [0.5, 0.6) is 5.75 Å². The molecule has 0 atom stereocenters. The van der Waals surface area contributed by atoms with Crippen LogP contribution in [-0.4, -0.2) is 42.9 Å². The summed E-state index contributed by atoms with van der Waals surface area (Å²) in [5, 5.41) is 8.96. The molecule has 0 heterocycles. The van der Waals surface area contributed by atoms with E-state index >= 15 is 0 Å². The van der Waals surface area contributed by atoms with E-state index in [1.54, 1.807) is 12.1 Å². The Hall–Kier alpha value is -1.13. The minimum absolute atomic E-state index is 0.167. The van der Waals surface area contributed by atoms with E-state index in [4.69, 9.17) is 9.84 Å². The van der Waals surface area contributed by atoms with E-state index < -0.39 is 0 Å². The Morgan fingerprint density at radius 3 is 2.50 bits per heavy atom. The molecule has 0 spiro atoms. The minimum atomic E-state index is -0.257. The molecular weight excluding hydrogens is 233 g/mol. The fourth-order valence-electron chi connectivity index (χ4n) is 1.68. The number of hydrogen-bond donors (Lipinski definition) is 1. The summed E-state index contributed by atoms with van der Waals surface area (Å²) >= 11 is 0. The van der Waals surface area contributed by atoms with Crippen molar-refractivity contribution < 1.29 is 14.2 Å². The van der Waals surface area contributed by atoms with Gasteiger partial charge in [0.1, 0.15) is 18.2 Å². The highest BCUT2D eigenvalue weighted by Crippen LogP contribution is 2.10. The summed E-state index contributed by atoms with van der Waals surface area (Å²) in [6.45, 7) is 5.29. The lowest BCUT2D eigenvalue weighted by Crippen LogP contribution is -2.32. The van der Waals surface area contributed by atoms with Gasteiger partial charge in [-0.3, -0.25) is 4.90 Å². The zero-order valence-corrected chi connectivity index (χ0v) is 10.9. The molecule has 0 aliphatic rings. The van der Waals surface area contributed by atoms with Crippen molar-refractivity contribution in [2.24, 2.45) is 0 Å². The van der Waals surface area contributed by atoms with E-state index in [2.05, 4.69) is 11.8 Å². The highest BCUT2D eigenvalue weighted by Gasteiger charge is 2.03. The standard InChI is InChI=1S/C14H22FNO2/c1-2-3-8-16(9-11-17)10-12-18-14-6-4-13(15)5-7-14/h4-7,17H,2-3,8-12H2,1H3. The Morgan fingerprint density at radius 1 is 1.17 bits per heavy atom. The third-order valence-electron chi connectivity index (χ3n) is 2.73. The van der Waals surface area contributed by atoms with E-state index in [9.17, 15) is 4.39 Å². The highest BCUT2D eigenvalue weighted by atomic mass is 19.1. The van der Waals surface area contributed by atoms with Gasteiger partial charge in [0.2, 0.25) is 0 Å². The van der Waals surface area contributed by atoms with Crippen molar-refractivity contribution in [1.82, 2.24) is 4.90 Å². The van der Waals surface area contributed by atoms with E-state index in [1.165, 1.54) is 12.1 Å². The van der Waals surface area contributed by atoms with Crippen LogP contribution in [0.3, 0.4) is 0 Å². The maximum absolute atomic E-state index is 12.7. The molecule has 0 fully saturated rings. The summed E-state index contributed by atoms with van der Waals surface area (Å²) in [6.07, 6.45) is 2.26. The van der Waals surface area contributed by atoms with Gasteiger partial charge in [-0.05, 0) is 37.2 Å². The molecule has 1 N–H and O–H groups in total. The van der Waals surface area contributed by atoms with Crippen LogP contribution >= 0.6 is 0 Å². The zero-order valence-electron chi connectivity index (χ0n) is 10.9. The van der Waals surface area contributed by atoms with Gasteiger partial charge >= 0.3 is 0 Å². The van der Waals surface area contributed by atoms with Crippen molar-refractivity contribution >= 4 is 0 Å². The SMILES string of the molecule is CCCCN(CCO)CCOc1ccc(F)cc1. The molecule has 3 nitrogen and oxygen atoms in total. The fourth-order valence-corrected chi connectivity index (χ4v) is 1.68. The number of aliphatic hydroxyl groups is 1. The van der Waals surface area contributed by atoms with Gasteiger partial charge in [0.15, 0.2) is 0 Å². The fraction of sp³-hybridized carbons (Fsp3) is 0.571. The van der Waals surface area contributed by atoms with Gasteiger partial charge in [0.25, 0.3) is 0 Å². The van der Waals surface area contributed by atoms with Gasteiger partial charge in [-0.25, -0.2) is 4.39 Å². The maximum atomic E-state index is 12.7. The van der Waals surface area contributed by atoms with Crippen molar-refractivity contribution in [2.75, 3.05) is 32.8 Å². The summed E-state index contributed by atoms with van der Waals surface area (Å²) in [6, 6.07) is 6.02. The molecule has 1 rings (SSSR count). The molecule has 0 saturated heterocycles. The third kappa shape index (κ3) is 5.98. The first kappa shape index (κ1) is 14.9. The molecule has 0 amide bonds. The Morgan fingerprint density at radius 2 is 1.89 bits per heavy atom. The Balaban J connectivity index is 2.26. The van der Waals surface area contributed by atoms with Gasteiger partial charge in [0, 0.05) is 13.1 Å². The van der Waals surface area contributed by atoms with Crippen LogP contribution < -0.4 is 4.74 Å². The van der Waals surface area contributed by atoms with Crippen molar-refractivity contribution in [3.63, 3.8) is 0 Å². The molecule has 0 aromatic heterocycles. The Kier molecular flexibility index (Phi) is 7.37. The van der Waals surface area contributed by atoms with E-state index in [0.29, 0.717) is 18.9 Å². The first-order valence-corrected chi connectivity index (χ1v) is 6.48. The summed E-state index contributed by atoms with van der Waals surface area (Å²) < 4.78 is 18.2. The van der Waals surface area contributed by atoms with Gasteiger partial charge in [-0.2, -0.15) is 0 Å². The lowest BCUT2D eigenvalue weighted by atomic mass is 10.3. The number of benzene rings is 1. The van der Waals surface area contributed by atoms with Crippen LogP contribution in [0.4, 0.5) is 4.39 Å². The predicted molar refractivity (Wildman–Crippen MR) is 70.3 cm³/mol. The van der Waals surface area contributed by atoms with Gasteiger partial charge < -0.3 is 9.84 Å². The summed E-state index contributed by atoms with van der Waals surface area (Å²) in [5.41, 5.74) is 0. The number of aliphatic hydroxyl groups excluding tert-OH is 1. The quantitative estimate of drug-likeness (QED) is 0.735. The molecular formula is C14H22FNO2. The van der Waals surface area contributed by atoms with Gasteiger partial charge in [0.05, 0.1) is 6.61 Å². The van der Waals surface area contributed by atoms with Crippen LogP contribution in [0.25, 0.3) is 0 Å². The number of nitrogens with zero attached hydrogens (tertiary/aromatic N) is 1. The zero-order chi connectivity index (χ0) is 13.2. The van der Waals surface area contributed by atoms with Crippen LogP contribution in [0.2, 0.25) is 0 Å². The maximum Gasteiger partial charge on any atom is 0.123 e. The number of ether oxygens (including phenoxy) is 1. The second-order valence-corrected chi connectivity index (χ2v) is 4.22.